The van der Waals surface area contributed by atoms with E-state index in [2.05, 4.69) is 20.5 Å². The highest BCUT2D eigenvalue weighted by Gasteiger charge is 2.41. The normalized spacial score (nSPS) is 19.6. The summed E-state index contributed by atoms with van der Waals surface area (Å²) < 4.78 is 33.6. The zero-order valence-corrected chi connectivity index (χ0v) is 18.9. The average molecular weight is 465 g/mol. The van der Waals surface area contributed by atoms with Gasteiger partial charge in [0.15, 0.2) is 0 Å². The largest absolute Gasteiger partial charge is 0.495 e. The Morgan fingerprint density at radius 1 is 1.15 bits per heavy atom. The molecule has 2 fully saturated rings. The number of nitrogens with one attached hydrogen (secondary N) is 2. The molecule has 1 atom stereocenters. The molecule has 3 heterocycles. The SMILES string of the molecule is COc1ccccc1NC(=O)c1cncc(-c2cc(F)cc(F)c2)c1N1CCC2(CCCN2)C1. The fourth-order valence-corrected chi connectivity index (χ4v) is 5.10. The zero-order chi connectivity index (χ0) is 23.7. The van der Waals surface area contributed by atoms with E-state index in [1.165, 1.54) is 25.4 Å². The Hall–Kier alpha value is -3.52. The molecule has 0 bridgehead atoms. The van der Waals surface area contributed by atoms with Gasteiger partial charge in [-0.25, -0.2) is 8.78 Å². The van der Waals surface area contributed by atoms with Crippen LogP contribution in [0.4, 0.5) is 20.2 Å². The number of hydrogen-bond donors (Lipinski definition) is 2. The van der Waals surface area contributed by atoms with Gasteiger partial charge in [-0.05, 0) is 55.6 Å². The number of benzene rings is 2. The van der Waals surface area contributed by atoms with Crippen molar-refractivity contribution in [1.29, 1.82) is 0 Å². The van der Waals surface area contributed by atoms with Gasteiger partial charge in [0.05, 0.1) is 24.0 Å². The van der Waals surface area contributed by atoms with Crippen LogP contribution in [0.2, 0.25) is 0 Å². The molecule has 8 heteroatoms. The van der Waals surface area contributed by atoms with Crippen molar-refractivity contribution in [3.05, 3.63) is 72.1 Å². The molecule has 1 unspecified atom stereocenters. The quantitative estimate of drug-likeness (QED) is 0.577. The minimum Gasteiger partial charge on any atom is -0.495 e. The molecule has 3 aromatic rings. The summed E-state index contributed by atoms with van der Waals surface area (Å²) >= 11 is 0. The predicted octanol–water partition coefficient (Wildman–Crippen LogP) is 4.62. The number of pyridine rings is 1. The third-order valence-corrected chi connectivity index (χ3v) is 6.69. The monoisotopic (exact) mass is 464 g/mol. The molecule has 34 heavy (non-hydrogen) atoms. The lowest BCUT2D eigenvalue weighted by Crippen LogP contribution is -2.42. The molecule has 2 aliphatic heterocycles. The van der Waals surface area contributed by atoms with Crippen LogP contribution in [0.15, 0.2) is 54.9 Å². The van der Waals surface area contributed by atoms with Crippen molar-refractivity contribution in [2.24, 2.45) is 0 Å². The Morgan fingerprint density at radius 3 is 2.68 bits per heavy atom. The van der Waals surface area contributed by atoms with E-state index in [9.17, 15) is 13.6 Å². The van der Waals surface area contributed by atoms with Gasteiger partial charge >= 0.3 is 0 Å². The second-order valence-electron chi connectivity index (χ2n) is 8.88. The molecule has 2 aromatic carbocycles. The van der Waals surface area contributed by atoms with E-state index in [1.807, 2.05) is 6.07 Å². The van der Waals surface area contributed by atoms with E-state index < -0.39 is 11.6 Å². The second kappa shape index (κ2) is 9.02. The molecule has 1 aromatic heterocycles. The number of para-hydroxylation sites is 2. The van der Waals surface area contributed by atoms with Crippen LogP contribution in [0.1, 0.15) is 29.6 Å². The fourth-order valence-electron chi connectivity index (χ4n) is 5.10. The average Bonchev–Trinajstić information content (AvgIpc) is 3.47. The lowest BCUT2D eigenvalue weighted by molar-refractivity contribution is 0.102. The van der Waals surface area contributed by atoms with Crippen molar-refractivity contribution in [1.82, 2.24) is 10.3 Å². The van der Waals surface area contributed by atoms with Crippen LogP contribution in [0, 0.1) is 11.6 Å². The molecular formula is C26H26F2N4O2. The van der Waals surface area contributed by atoms with Crippen LogP contribution in [-0.2, 0) is 0 Å². The van der Waals surface area contributed by atoms with Crippen LogP contribution in [0.25, 0.3) is 11.1 Å². The van der Waals surface area contributed by atoms with E-state index in [4.69, 9.17) is 4.74 Å². The molecule has 5 rings (SSSR count). The van der Waals surface area contributed by atoms with Gasteiger partial charge in [0.1, 0.15) is 17.4 Å². The summed E-state index contributed by atoms with van der Waals surface area (Å²) in [5.74, 6) is -1.20. The zero-order valence-electron chi connectivity index (χ0n) is 18.9. The summed E-state index contributed by atoms with van der Waals surface area (Å²) in [4.78, 5) is 19.9. The molecule has 2 N–H and O–H groups in total. The number of anilines is 2. The summed E-state index contributed by atoms with van der Waals surface area (Å²) in [6.07, 6.45) is 6.16. The number of halogens is 2. The van der Waals surface area contributed by atoms with Crippen molar-refractivity contribution in [2.75, 3.05) is 37.0 Å². The number of nitrogens with zero attached hydrogens (tertiary/aromatic N) is 2. The highest BCUT2D eigenvalue weighted by molar-refractivity contribution is 6.10. The number of rotatable bonds is 5. The maximum absolute atomic E-state index is 14.1. The van der Waals surface area contributed by atoms with Crippen LogP contribution in [0.3, 0.4) is 0 Å². The van der Waals surface area contributed by atoms with E-state index >= 15 is 0 Å². The summed E-state index contributed by atoms with van der Waals surface area (Å²) in [5.41, 5.74) is 2.33. The Labute approximate surface area is 197 Å². The molecule has 1 amide bonds. The summed E-state index contributed by atoms with van der Waals surface area (Å²) in [6.45, 7) is 2.39. The fraction of sp³-hybridized carbons (Fsp3) is 0.308. The maximum atomic E-state index is 14.1. The van der Waals surface area contributed by atoms with Crippen molar-refractivity contribution in [3.63, 3.8) is 0 Å². The number of hydrogen-bond acceptors (Lipinski definition) is 5. The predicted molar refractivity (Wildman–Crippen MR) is 127 cm³/mol. The van der Waals surface area contributed by atoms with Gasteiger partial charge < -0.3 is 20.3 Å². The van der Waals surface area contributed by atoms with Gasteiger partial charge in [-0.1, -0.05) is 12.1 Å². The lowest BCUT2D eigenvalue weighted by atomic mass is 9.96. The summed E-state index contributed by atoms with van der Waals surface area (Å²) in [5, 5.41) is 6.53. The molecule has 6 nitrogen and oxygen atoms in total. The first kappa shape index (κ1) is 22.3. The molecule has 0 saturated carbocycles. The van der Waals surface area contributed by atoms with Gasteiger partial charge in [-0.15, -0.1) is 0 Å². The van der Waals surface area contributed by atoms with Gasteiger partial charge in [-0.3, -0.25) is 9.78 Å². The van der Waals surface area contributed by atoms with E-state index in [-0.39, 0.29) is 11.4 Å². The molecular weight excluding hydrogens is 438 g/mol. The van der Waals surface area contributed by atoms with Crippen LogP contribution in [-0.4, -0.2) is 43.2 Å². The maximum Gasteiger partial charge on any atom is 0.259 e. The van der Waals surface area contributed by atoms with E-state index in [0.717, 1.165) is 38.4 Å². The second-order valence-corrected chi connectivity index (χ2v) is 8.88. The standard InChI is InChI=1S/C26H26F2N4O2/c1-34-23-6-3-2-5-22(23)31-25(33)21-15-29-14-20(17-11-18(27)13-19(28)12-17)24(21)32-10-8-26(16-32)7-4-9-30-26/h2-3,5-6,11-15,30H,4,7-10,16H2,1H3,(H,31,33). The van der Waals surface area contributed by atoms with Gasteiger partial charge in [0.25, 0.3) is 5.91 Å². The first-order valence-electron chi connectivity index (χ1n) is 11.4. The molecule has 176 valence electrons. The summed E-state index contributed by atoms with van der Waals surface area (Å²) in [6, 6.07) is 10.5. The van der Waals surface area contributed by atoms with Crippen molar-refractivity contribution in [2.45, 2.75) is 24.8 Å². The molecule has 1 spiro atoms. The highest BCUT2D eigenvalue weighted by atomic mass is 19.1. The third-order valence-electron chi connectivity index (χ3n) is 6.69. The van der Waals surface area contributed by atoms with Gasteiger partial charge in [0, 0.05) is 42.7 Å². The molecule has 0 radical (unpaired) electrons. The van der Waals surface area contributed by atoms with Crippen LogP contribution in [0.5, 0.6) is 5.75 Å². The third kappa shape index (κ3) is 4.21. The smallest absolute Gasteiger partial charge is 0.259 e. The number of carbonyl (C=O) groups is 1. The highest BCUT2D eigenvalue weighted by Crippen LogP contribution is 2.40. The lowest BCUT2D eigenvalue weighted by Gasteiger charge is -2.28. The Morgan fingerprint density at radius 2 is 1.94 bits per heavy atom. The minimum atomic E-state index is -0.680. The first-order chi connectivity index (χ1) is 16.5. The molecule has 0 aliphatic carbocycles. The molecule has 2 aliphatic rings. The Balaban J connectivity index is 1.59. The number of ether oxygens (including phenoxy) is 1. The number of amides is 1. The summed E-state index contributed by atoms with van der Waals surface area (Å²) in [7, 11) is 1.54. The van der Waals surface area contributed by atoms with Crippen molar-refractivity contribution < 1.29 is 18.3 Å². The van der Waals surface area contributed by atoms with E-state index in [1.54, 1.807) is 24.4 Å². The van der Waals surface area contributed by atoms with Crippen molar-refractivity contribution >= 4 is 17.3 Å². The van der Waals surface area contributed by atoms with Crippen LogP contribution >= 0.6 is 0 Å². The first-order valence-corrected chi connectivity index (χ1v) is 11.4. The van der Waals surface area contributed by atoms with Crippen molar-refractivity contribution in [3.8, 4) is 16.9 Å². The Kier molecular flexibility index (Phi) is 5.91. The van der Waals surface area contributed by atoms with E-state index in [0.29, 0.717) is 40.4 Å². The van der Waals surface area contributed by atoms with Gasteiger partial charge in [0.2, 0.25) is 0 Å². The van der Waals surface area contributed by atoms with Gasteiger partial charge in [-0.2, -0.15) is 0 Å². The topological polar surface area (TPSA) is 66.5 Å². The molecule has 2 saturated heterocycles. The minimum absolute atomic E-state index is 0.00980. The number of methoxy groups -OCH3 is 1. The number of carbonyl (C=O) groups excluding carboxylic acids is 1. The Bertz CT molecular complexity index is 1210. The number of aromatic nitrogens is 1. The van der Waals surface area contributed by atoms with Crippen LogP contribution < -0.4 is 20.3 Å².